The smallest absolute Gasteiger partial charge is 0.140 e. The summed E-state index contributed by atoms with van der Waals surface area (Å²) in [4.78, 5) is 4.67. The molecule has 5 heteroatoms. The minimum atomic E-state index is 0.391. The van der Waals surface area contributed by atoms with Crippen LogP contribution in [-0.4, -0.2) is 47.1 Å². The number of hydrogen-bond donors (Lipinski definition) is 0. The van der Waals surface area contributed by atoms with Crippen molar-refractivity contribution >= 4 is 6.21 Å². The third-order valence-electron chi connectivity index (χ3n) is 4.70. The summed E-state index contributed by atoms with van der Waals surface area (Å²) in [5.41, 5.74) is 2.21. The highest BCUT2D eigenvalue weighted by atomic mass is 16.5. The number of hydrogen-bond acceptors (Lipinski definition) is 4. The SMILES string of the molecule is CCCCn1c(/C=N/N2CCC[C@@H]2COC)cnc1-c1ccccc1. The topological polar surface area (TPSA) is 42.7 Å². The number of imidazole rings is 1. The molecule has 3 rings (SSSR count). The summed E-state index contributed by atoms with van der Waals surface area (Å²) < 4.78 is 7.60. The van der Waals surface area contributed by atoms with Crippen molar-refractivity contribution in [2.75, 3.05) is 20.3 Å². The fraction of sp³-hybridized carbons (Fsp3) is 0.500. The Morgan fingerprint density at radius 2 is 2.16 bits per heavy atom. The largest absolute Gasteiger partial charge is 0.382 e. The zero-order valence-electron chi connectivity index (χ0n) is 15.3. The summed E-state index contributed by atoms with van der Waals surface area (Å²) in [6.07, 6.45) is 8.51. The molecule has 0 bridgehead atoms. The highest BCUT2D eigenvalue weighted by molar-refractivity contribution is 5.78. The Labute approximate surface area is 150 Å². The van der Waals surface area contributed by atoms with Crippen molar-refractivity contribution in [1.82, 2.24) is 14.6 Å². The van der Waals surface area contributed by atoms with Gasteiger partial charge in [0.15, 0.2) is 0 Å². The molecule has 5 nitrogen and oxygen atoms in total. The Hall–Kier alpha value is -2.14. The van der Waals surface area contributed by atoms with Crippen LogP contribution in [0.3, 0.4) is 0 Å². The van der Waals surface area contributed by atoms with Gasteiger partial charge in [-0.25, -0.2) is 4.98 Å². The van der Waals surface area contributed by atoms with Crippen molar-refractivity contribution in [3.63, 3.8) is 0 Å². The van der Waals surface area contributed by atoms with Crippen molar-refractivity contribution in [2.24, 2.45) is 5.10 Å². The van der Waals surface area contributed by atoms with Gasteiger partial charge in [0.1, 0.15) is 5.82 Å². The molecule has 0 saturated carbocycles. The number of hydrazone groups is 1. The number of unbranched alkanes of at least 4 members (excludes halogenated alkanes) is 1. The second-order valence-corrected chi connectivity index (χ2v) is 6.54. The fourth-order valence-corrected chi connectivity index (χ4v) is 3.33. The normalized spacial score (nSPS) is 17.7. The Kier molecular flexibility index (Phi) is 6.23. The maximum atomic E-state index is 5.31. The van der Waals surface area contributed by atoms with E-state index in [1.165, 1.54) is 6.42 Å². The maximum absolute atomic E-state index is 5.31. The molecule has 0 spiro atoms. The number of nitrogens with zero attached hydrogens (tertiary/aromatic N) is 4. The molecule has 1 aliphatic rings. The van der Waals surface area contributed by atoms with Gasteiger partial charge in [-0.3, -0.25) is 5.01 Å². The first kappa shape index (κ1) is 17.7. The summed E-state index contributed by atoms with van der Waals surface area (Å²) in [7, 11) is 1.76. The second-order valence-electron chi connectivity index (χ2n) is 6.54. The van der Waals surface area contributed by atoms with Gasteiger partial charge in [-0.2, -0.15) is 5.10 Å². The van der Waals surface area contributed by atoms with E-state index in [0.717, 1.165) is 56.0 Å². The molecule has 0 N–H and O–H groups in total. The molecule has 1 aromatic heterocycles. The number of ether oxygens (including phenoxy) is 1. The van der Waals surface area contributed by atoms with Gasteiger partial charge in [-0.05, 0) is 19.3 Å². The fourth-order valence-electron chi connectivity index (χ4n) is 3.33. The van der Waals surface area contributed by atoms with E-state index in [-0.39, 0.29) is 0 Å². The molecular formula is C20H28N4O. The number of aromatic nitrogens is 2. The van der Waals surface area contributed by atoms with Crippen LogP contribution < -0.4 is 0 Å². The van der Waals surface area contributed by atoms with Crippen molar-refractivity contribution < 1.29 is 4.74 Å². The minimum absolute atomic E-state index is 0.391. The second kappa shape index (κ2) is 8.81. The zero-order chi connectivity index (χ0) is 17.5. The minimum Gasteiger partial charge on any atom is -0.382 e. The molecule has 0 unspecified atom stereocenters. The van der Waals surface area contributed by atoms with Crippen LogP contribution in [0.1, 0.15) is 38.3 Å². The average Bonchev–Trinajstić information content (AvgIpc) is 3.26. The molecule has 1 aromatic carbocycles. The van der Waals surface area contributed by atoms with Gasteiger partial charge in [0.25, 0.3) is 0 Å². The molecule has 0 radical (unpaired) electrons. The number of methoxy groups -OCH3 is 1. The highest BCUT2D eigenvalue weighted by Gasteiger charge is 2.22. The van der Waals surface area contributed by atoms with E-state index in [1.807, 2.05) is 18.5 Å². The summed E-state index contributed by atoms with van der Waals surface area (Å²) in [5.74, 6) is 1.02. The monoisotopic (exact) mass is 340 g/mol. The van der Waals surface area contributed by atoms with E-state index in [0.29, 0.717) is 6.04 Å². The van der Waals surface area contributed by atoms with Crippen molar-refractivity contribution in [2.45, 2.75) is 45.2 Å². The van der Waals surface area contributed by atoms with E-state index < -0.39 is 0 Å². The number of rotatable bonds is 8. The summed E-state index contributed by atoms with van der Waals surface area (Å²) >= 11 is 0. The van der Waals surface area contributed by atoms with E-state index in [9.17, 15) is 0 Å². The molecule has 1 aliphatic heterocycles. The van der Waals surface area contributed by atoms with Crippen LogP contribution in [0.15, 0.2) is 41.6 Å². The molecule has 1 saturated heterocycles. The maximum Gasteiger partial charge on any atom is 0.140 e. The van der Waals surface area contributed by atoms with Crippen molar-refractivity contribution in [3.05, 3.63) is 42.2 Å². The molecule has 0 aliphatic carbocycles. The van der Waals surface area contributed by atoms with Gasteiger partial charge in [0.05, 0.1) is 30.8 Å². The van der Waals surface area contributed by atoms with Crippen LogP contribution in [0.4, 0.5) is 0 Å². The first-order chi connectivity index (χ1) is 12.3. The molecule has 1 fully saturated rings. The molecule has 2 aromatic rings. The highest BCUT2D eigenvalue weighted by Crippen LogP contribution is 2.21. The average molecular weight is 340 g/mol. The van der Waals surface area contributed by atoms with Gasteiger partial charge in [-0.1, -0.05) is 43.7 Å². The van der Waals surface area contributed by atoms with E-state index in [4.69, 9.17) is 9.84 Å². The standard InChI is InChI=1S/C20H28N4O/c1-3-4-12-23-19(14-21-20(23)17-9-6-5-7-10-17)15-22-24-13-8-11-18(24)16-25-2/h5-7,9-10,14-15,18H,3-4,8,11-13,16H2,1-2H3/b22-15+/t18-/m1/s1. The van der Waals surface area contributed by atoms with Crippen LogP contribution in [-0.2, 0) is 11.3 Å². The zero-order valence-corrected chi connectivity index (χ0v) is 15.3. The van der Waals surface area contributed by atoms with E-state index >= 15 is 0 Å². The van der Waals surface area contributed by atoms with Crippen LogP contribution >= 0.6 is 0 Å². The first-order valence-electron chi connectivity index (χ1n) is 9.24. The molecule has 134 valence electrons. The van der Waals surface area contributed by atoms with Crippen molar-refractivity contribution in [3.8, 4) is 11.4 Å². The number of benzene rings is 1. The van der Waals surface area contributed by atoms with Gasteiger partial charge >= 0.3 is 0 Å². The lowest BCUT2D eigenvalue weighted by Gasteiger charge is -2.20. The lowest BCUT2D eigenvalue weighted by molar-refractivity contribution is 0.118. The van der Waals surface area contributed by atoms with Crippen LogP contribution in [0.25, 0.3) is 11.4 Å². The van der Waals surface area contributed by atoms with Crippen LogP contribution in [0.5, 0.6) is 0 Å². The molecule has 0 amide bonds. The van der Waals surface area contributed by atoms with Crippen LogP contribution in [0.2, 0.25) is 0 Å². The van der Waals surface area contributed by atoms with Gasteiger partial charge in [0, 0.05) is 25.8 Å². The Bertz CT molecular complexity index is 680. The Balaban J connectivity index is 1.83. The lowest BCUT2D eigenvalue weighted by Crippen LogP contribution is -2.28. The lowest BCUT2D eigenvalue weighted by atomic mass is 10.2. The van der Waals surface area contributed by atoms with Crippen LogP contribution in [0, 0.1) is 0 Å². The third kappa shape index (κ3) is 4.28. The molecule has 25 heavy (non-hydrogen) atoms. The quantitative estimate of drug-likeness (QED) is 0.687. The predicted octanol–water partition coefficient (Wildman–Crippen LogP) is 3.79. The predicted molar refractivity (Wildman–Crippen MR) is 102 cm³/mol. The summed E-state index contributed by atoms with van der Waals surface area (Å²) in [6, 6.07) is 10.8. The molecule has 2 heterocycles. The van der Waals surface area contributed by atoms with Crippen molar-refractivity contribution in [1.29, 1.82) is 0 Å². The first-order valence-corrected chi connectivity index (χ1v) is 9.24. The summed E-state index contributed by atoms with van der Waals surface area (Å²) in [5, 5.41) is 6.89. The van der Waals surface area contributed by atoms with E-state index in [1.54, 1.807) is 7.11 Å². The van der Waals surface area contributed by atoms with Gasteiger partial charge in [-0.15, -0.1) is 0 Å². The van der Waals surface area contributed by atoms with Gasteiger partial charge in [0.2, 0.25) is 0 Å². The Morgan fingerprint density at radius 1 is 1.32 bits per heavy atom. The van der Waals surface area contributed by atoms with Gasteiger partial charge < -0.3 is 9.30 Å². The molecular weight excluding hydrogens is 312 g/mol. The third-order valence-corrected chi connectivity index (χ3v) is 4.70. The summed E-state index contributed by atoms with van der Waals surface area (Å²) in [6.45, 7) is 4.91. The van der Waals surface area contributed by atoms with E-state index in [2.05, 4.69) is 45.7 Å². The Morgan fingerprint density at radius 3 is 2.92 bits per heavy atom. The molecule has 1 atom stereocenters.